The van der Waals surface area contributed by atoms with Crippen molar-refractivity contribution in [3.05, 3.63) is 18.6 Å². The molecule has 1 aliphatic rings. The number of ether oxygens (including phenoxy) is 1. The second-order valence-corrected chi connectivity index (χ2v) is 4.68. The number of anilines is 2. The van der Waals surface area contributed by atoms with Crippen LogP contribution in [-0.2, 0) is 4.74 Å². The van der Waals surface area contributed by atoms with Crippen molar-refractivity contribution in [2.75, 3.05) is 24.2 Å². The molecule has 0 aliphatic carbocycles. The number of aromatic nitrogens is 3. The van der Waals surface area contributed by atoms with Crippen LogP contribution < -0.4 is 11.1 Å². The fourth-order valence-electron chi connectivity index (χ4n) is 2.34. The summed E-state index contributed by atoms with van der Waals surface area (Å²) in [6, 6.07) is 0. The van der Waals surface area contributed by atoms with Gasteiger partial charge in [-0.3, -0.25) is 0 Å². The van der Waals surface area contributed by atoms with Crippen LogP contribution in [0.3, 0.4) is 0 Å². The predicted molar refractivity (Wildman–Crippen MR) is 69.4 cm³/mol. The molecule has 2 atom stereocenters. The third kappa shape index (κ3) is 1.99. The molecule has 1 fully saturated rings. The molecule has 6 heteroatoms. The summed E-state index contributed by atoms with van der Waals surface area (Å²) in [6.07, 6.45) is 6.74. The minimum absolute atomic E-state index is 0.300. The lowest BCUT2D eigenvalue weighted by atomic mass is 10.0. The quantitative estimate of drug-likeness (QED) is 0.850. The Morgan fingerprint density at radius 3 is 3.28 bits per heavy atom. The van der Waals surface area contributed by atoms with Crippen LogP contribution in [0, 0.1) is 5.92 Å². The number of nitrogen functional groups attached to an aromatic ring is 1. The van der Waals surface area contributed by atoms with Gasteiger partial charge in [0.2, 0.25) is 0 Å². The van der Waals surface area contributed by atoms with Crippen molar-refractivity contribution in [3.8, 4) is 0 Å². The summed E-state index contributed by atoms with van der Waals surface area (Å²) >= 11 is 0. The number of nitrogens with zero attached hydrogens (tertiary/aromatic N) is 3. The predicted octanol–water partition coefficient (Wildman–Crippen LogP) is 1.15. The van der Waals surface area contributed by atoms with Gasteiger partial charge in [0.05, 0.1) is 12.3 Å². The van der Waals surface area contributed by atoms with Gasteiger partial charge in [-0.15, -0.1) is 0 Å². The Hall–Kier alpha value is -1.82. The number of hydrogen-bond donors (Lipinski definition) is 2. The molecule has 18 heavy (non-hydrogen) atoms. The Morgan fingerprint density at radius 1 is 1.61 bits per heavy atom. The maximum Gasteiger partial charge on any atom is 0.180 e. The van der Waals surface area contributed by atoms with Gasteiger partial charge in [0, 0.05) is 31.5 Å². The number of imidazole rings is 1. The van der Waals surface area contributed by atoms with Crippen LogP contribution in [0.25, 0.3) is 5.65 Å². The third-order valence-electron chi connectivity index (χ3n) is 3.46. The minimum atomic E-state index is 0.300. The Balaban J connectivity index is 1.79. The van der Waals surface area contributed by atoms with E-state index in [1.54, 1.807) is 12.4 Å². The standard InChI is InChI=1S/C12H17N5O/c1-8-9(2-5-18-8)6-15-11-12-14-3-4-17(12)7-10(13)16-11/h3-4,7-9H,2,5-6,13H2,1H3,(H,15,16). The van der Waals surface area contributed by atoms with Crippen molar-refractivity contribution >= 4 is 17.3 Å². The van der Waals surface area contributed by atoms with Gasteiger partial charge in [0.25, 0.3) is 0 Å². The molecule has 0 amide bonds. The summed E-state index contributed by atoms with van der Waals surface area (Å²) in [6.45, 7) is 3.79. The molecule has 1 aliphatic heterocycles. The lowest BCUT2D eigenvalue weighted by molar-refractivity contribution is 0.108. The van der Waals surface area contributed by atoms with Gasteiger partial charge in [-0.2, -0.15) is 0 Å². The van der Waals surface area contributed by atoms with Crippen LogP contribution in [0.2, 0.25) is 0 Å². The van der Waals surface area contributed by atoms with Crippen molar-refractivity contribution in [1.29, 1.82) is 0 Å². The summed E-state index contributed by atoms with van der Waals surface area (Å²) < 4.78 is 7.42. The Kier molecular flexibility index (Phi) is 2.79. The number of rotatable bonds is 3. The van der Waals surface area contributed by atoms with E-state index in [2.05, 4.69) is 22.2 Å². The lowest BCUT2D eigenvalue weighted by Gasteiger charge is -2.15. The second-order valence-electron chi connectivity index (χ2n) is 4.68. The van der Waals surface area contributed by atoms with E-state index in [1.807, 2.05) is 10.6 Å². The van der Waals surface area contributed by atoms with Crippen LogP contribution in [0.15, 0.2) is 18.6 Å². The van der Waals surface area contributed by atoms with Crippen molar-refractivity contribution < 1.29 is 4.74 Å². The van der Waals surface area contributed by atoms with Crippen molar-refractivity contribution in [1.82, 2.24) is 14.4 Å². The highest BCUT2D eigenvalue weighted by atomic mass is 16.5. The summed E-state index contributed by atoms with van der Waals surface area (Å²) in [5.74, 6) is 1.74. The molecule has 0 spiro atoms. The normalized spacial score (nSPS) is 23.6. The SMILES string of the molecule is CC1OCCC1CNc1nc(N)cn2ccnc12. The molecule has 96 valence electrons. The fraction of sp³-hybridized carbons (Fsp3) is 0.500. The third-order valence-corrected chi connectivity index (χ3v) is 3.46. The van der Waals surface area contributed by atoms with Crippen LogP contribution in [0.4, 0.5) is 11.6 Å². The highest BCUT2D eigenvalue weighted by Crippen LogP contribution is 2.22. The van der Waals surface area contributed by atoms with E-state index in [1.165, 1.54) is 0 Å². The molecule has 3 rings (SSSR count). The van der Waals surface area contributed by atoms with Gasteiger partial charge < -0.3 is 20.2 Å². The summed E-state index contributed by atoms with van der Waals surface area (Å²) in [4.78, 5) is 8.58. The average molecular weight is 247 g/mol. The van der Waals surface area contributed by atoms with E-state index in [4.69, 9.17) is 10.5 Å². The van der Waals surface area contributed by atoms with E-state index < -0.39 is 0 Å². The molecule has 1 saturated heterocycles. The number of fused-ring (bicyclic) bond motifs is 1. The molecule has 2 unspecified atom stereocenters. The highest BCUT2D eigenvalue weighted by molar-refractivity contribution is 5.64. The smallest absolute Gasteiger partial charge is 0.180 e. The Morgan fingerprint density at radius 2 is 2.50 bits per heavy atom. The van der Waals surface area contributed by atoms with Gasteiger partial charge >= 0.3 is 0 Å². The number of nitrogens with one attached hydrogen (secondary N) is 1. The lowest BCUT2D eigenvalue weighted by Crippen LogP contribution is -2.21. The van der Waals surface area contributed by atoms with Gasteiger partial charge in [-0.1, -0.05) is 0 Å². The summed E-state index contributed by atoms with van der Waals surface area (Å²) in [7, 11) is 0. The molecular formula is C12H17N5O. The van der Waals surface area contributed by atoms with Crippen LogP contribution in [0.1, 0.15) is 13.3 Å². The van der Waals surface area contributed by atoms with E-state index in [9.17, 15) is 0 Å². The van der Waals surface area contributed by atoms with Crippen LogP contribution in [-0.4, -0.2) is 33.6 Å². The molecule has 0 radical (unpaired) electrons. The van der Waals surface area contributed by atoms with E-state index in [-0.39, 0.29) is 0 Å². The minimum Gasteiger partial charge on any atom is -0.382 e. The van der Waals surface area contributed by atoms with Gasteiger partial charge in [0.1, 0.15) is 5.82 Å². The van der Waals surface area contributed by atoms with Crippen molar-refractivity contribution in [3.63, 3.8) is 0 Å². The summed E-state index contributed by atoms with van der Waals surface area (Å²) in [5, 5.41) is 3.33. The van der Waals surface area contributed by atoms with E-state index >= 15 is 0 Å². The Labute approximate surface area is 105 Å². The van der Waals surface area contributed by atoms with Gasteiger partial charge in [-0.25, -0.2) is 9.97 Å². The molecule has 2 aromatic rings. The number of nitrogens with two attached hydrogens (primary N) is 1. The van der Waals surface area contributed by atoms with Crippen LogP contribution in [0.5, 0.6) is 0 Å². The zero-order chi connectivity index (χ0) is 12.5. The monoisotopic (exact) mass is 247 g/mol. The van der Waals surface area contributed by atoms with E-state index in [0.717, 1.165) is 31.0 Å². The van der Waals surface area contributed by atoms with Gasteiger partial charge in [-0.05, 0) is 13.3 Å². The molecule has 2 aromatic heterocycles. The first-order valence-corrected chi connectivity index (χ1v) is 6.18. The zero-order valence-corrected chi connectivity index (χ0v) is 10.3. The first kappa shape index (κ1) is 11.3. The van der Waals surface area contributed by atoms with E-state index in [0.29, 0.717) is 17.8 Å². The topological polar surface area (TPSA) is 77.5 Å². The first-order chi connectivity index (χ1) is 8.74. The largest absolute Gasteiger partial charge is 0.382 e. The van der Waals surface area contributed by atoms with Crippen molar-refractivity contribution in [2.24, 2.45) is 5.92 Å². The Bertz CT molecular complexity index is 552. The zero-order valence-electron chi connectivity index (χ0n) is 10.3. The molecule has 0 saturated carbocycles. The van der Waals surface area contributed by atoms with Crippen LogP contribution >= 0.6 is 0 Å². The average Bonchev–Trinajstić information content (AvgIpc) is 2.94. The maximum atomic E-state index is 5.77. The molecular weight excluding hydrogens is 230 g/mol. The molecule has 6 nitrogen and oxygen atoms in total. The van der Waals surface area contributed by atoms with Crippen molar-refractivity contribution in [2.45, 2.75) is 19.4 Å². The maximum absolute atomic E-state index is 5.77. The highest BCUT2D eigenvalue weighted by Gasteiger charge is 2.24. The van der Waals surface area contributed by atoms with Gasteiger partial charge in [0.15, 0.2) is 11.5 Å². The second kappa shape index (κ2) is 4.45. The first-order valence-electron chi connectivity index (χ1n) is 6.18. The fourth-order valence-corrected chi connectivity index (χ4v) is 2.34. The summed E-state index contributed by atoms with van der Waals surface area (Å²) in [5.41, 5.74) is 6.57. The molecule has 0 bridgehead atoms. The molecule has 3 heterocycles. The molecule has 0 aromatic carbocycles. The number of hydrogen-bond acceptors (Lipinski definition) is 5. The molecule has 3 N–H and O–H groups in total.